The number of hydrogen-bond donors (Lipinski definition) is 2. The van der Waals surface area contributed by atoms with Gasteiger partial charge in [0.1, 0.15) is 5.84 Å². The Hall–Kier alpha value is -1.88. The van der Waals surface area contributed by atoms with Gasteiger partial charge in [0.05, 0.1) is 12.8 Å². The largest absolute Gasteiger partial charge is 0.384 e. The lowest BCUT2D eigenvalue weighted by Gasteiger charge is -2.19. The van der Waals surface area contributed by atoms with E-state index in [-0.39, 0.29) is 12.1 Å². The van der Waals surface area contributed by atoms with Crippen molar-refractivity contribution in [2.45, 2.75) is 25.6 Å². The lowest BCUT2D eigenvalue weighted by atomic mass is 10.1. The second-order valence-corrected chi connectivity index (χ2v) is 4.17. The minimum absolute atomic E-state index is 0.0605. The summed E-state index contributed by atoms with van der Waals surface area (Å²) in [5.74, 6) is 0.0605. The Morgan fingerprint density at radius 3 is 2.78 bits per heavy atom. The van der Waals surface area contributed by atoms with Gasteiger partial charge in [-0.25, -0.2) is 0 Å². The molecule has 0 radical (unpaired) electrons. The molecule has 96 valence electrons. The van der Waals surface area contributed by atoms with Crippen molar-refractivity contribution in [2.24, 2.45) is 10.9 Å². The predicted octanol–water partition coefficient (Wildman–Crippen LogP) is 1.85. The molecule has 0 amide bonds. The van der Waals surface area contributed by atoms with Gasteiger partial charge in [-0.1, -0.05) is 29.4 Å². The second-order valence-electron chi connectivity index (χ2n) is 4.17. The van der Waals surface area contributed by atoms with Gasteiger partial charge < -0.3 is 15.3 Å². The van der Waals surface area contributed by atoms with Crippen molar-refractivity contribution < 1.29 is 9.57 Å². The van der Waals surface area contributed by atoms with Crippen LogP contribution in [0.5, 0.6) is 0 Å². The molecular weight excluding hydrogens is 230 g/mol. The van der Waals surface area contributed by atoms with Crippen molar-refractivity contribution in [3.63, 3.8) is 0 Å². The Bertz CT molecular complexity index is 422. The van der Waals surface area contributed by atoms with Gasteiger partial charge in [0.25, 0.3) is 0 Å². The van der Waals surface area contributed by atoms with Crippen LogP contribution in [0.2, 0.25) is 0 Å². The molecule has 0 aliphatic carbocycles. The Balaban J connectivity index is 1.86. The van der Waals surface area contributed by atoms with Crippen molar-refractivity contribution in [2.75, 3.05) is 6.61 Å². The van der Waals surface area contributed by atoms with E-state index in [0.717, 1.165) is 31.4 Å². The number of hydrogen-bond acceptors (Lipinski definition) is 4. The summed E-state index contributed by atoms with van der Waals surface area (Å²) in [7, 11) is 0. The number of oxime groups is 1. The van der Waals surface area contributed by atoms with Crippen molar-refractivity contribution in [1.29, 1.82) is 5.41 Å². The molecule has 1 aromatic rings. The van der Waals surface area contributed by atoms with E-state index in [2.05, 4.69) is 5.16 Å². The van der Waals surface area contributed by atoms with Crippen molar-refractivity contribution >= 4 is 12.1 Å². The van der Waals surface area contributed by atoms with E-state index < -0.39 is 0 Å². The molecule has 1 aliphatic rings. The summed E-state index contributed by atoms with van der Waals surface area (Å²) in [5, 5.41) is 11.2. The highest BCUT2D eigenvalue weighted by molar-refractivity contribution is 5.95. The van der Waals surface area contributed by atoms with Crippen molar-refractivity contribution in [3.8, 4) is 0 Å². The van der Waals surface area contributed by atoms with Crippen LogP contribution >= 0.6 is 0 Å². The van der Waals surface area contributed by atoms with Gasteiger partial charge in [-0.3, -0.25) is 5.41 Å². The topological polar surface area (TPSA) is 80.7 Å². The Labute approximate surface area is 106 Å². The molecule has 1 saturated heterocycles. The molecule has 5 heteroatoms. The third kappa shape index (κ3) is 3.56. The molecule has 1 aliphatic heterocycles. The number of nitrogens with zero attached hydrogens (tertiary/aromatic N) is 1. The van der Waals surface area contributed by atoms with Crippen LogP contribution in [0.25, 0.3) is 0 Å². The van der Waals surface area contributed by atoms with E-state index in [1.165, 1.54) is 0 Å². The van der Waals surface area contributed by atoms with Crippen molar-refractivity contribution in [3.05, 3.63) is 35.4 Å². The predicted molar refractivity (Wildman–Crippen MR) is 69.7 cm³/mol. The van der Waals surface area contributed by atoms with E-state index in [1.807, 2.05) is 12.1 Å². The first kappa shape index (κ1) is 12.6. The highest BCUT2D eigenvalue weighted by Crippen LogP contribution is 2.13. The van der Waals surface area contributed by atoms with Gasteiger partial charge in [0.15, 0.2) is 0 Å². The van der Waals surface area contributed by atoms with Crippen LogP contribution in [-0.4, -0.2) is 24.9 Å². The van der Waals surface area contributed by atoms with Gasteiger partial charge in [-0.05, 0) is 18.4 Å². The van der Waals surface area contributed by atoms with Crippen LogP contribution < -0.4 is 5.73 Å². The Kier molecular flexibility index (Phi) is 4.30. The lowest BCUT2D eigenvalue weighted by molar-refractivity contribution is -0.161. The standard InChI is InChI=1S/C13H17N3O2/c14-13(15)11-6-4-10(5-7-11)9-16-18-12-3-1-2-8-17-12/h4-7,9,12H,1-3,8H2,(H3,14,15)/b16-9+/t12-/m0/s1. The van der Waals surface area contributed by atoms with Gasteiger partial charge in [-0.2, -0.15) is 0 Å². The second kappa shape index (κ2) is 6.16. The molecule has 1 fully saturated rings. The van der Waals surface area contributed by atoms with Crippen LogP contribution in [0.1, 0.15) is 30.4 Å². The van der Waals surface area contributed by atoms with Crippen LogP contribution in [0.3, 0.4) is 0 Å². The first-order valence-corrected chi connectivity index (χ1v) is 6.01. The summed E-state index contributed by atoms with van der Waals surface area (Å²) in [6.45, 7) is 0.744. The zero-order chi connectivity index (χ0) is 12.8. The zero-order valence-electron chi connectivity index (χ0n) is 10.1. The molecule has 1 atom stereocenters. The normalized spacial score (nSPS) is 19.9. The molecule has 5 nitrogen and oxygen atoms in total. The van der Waals surface area contributed by atoms with E-state index in [0.29, 0.717) is 5.56 Å². The van der Waals surface area contributed by atoms with Crippen LogP contribution in [0.15, 0.2) is 29.4 Å². The molecule has 0 spiro atoms. The molecule has 0 saturated carbocycles. The highest BCUT2D eigenvalue weighted by atomic mass is 16.8. The molecule has 1 heterocycles. The maximum absolute atomic E-state index is 7.28. The number of nitrogen functional groups attached to an aromatic ring is 1. The summed E-state index contributed by atoms with van der Waals surface area (Å²) >= 11 is 0. The van der Waals surface area contributed by atoms with E-state index >= 15 is 0 Å². The maximum Gasteiger partial charge on any atom is 0.226 e. The van der Waals surface area contributed by atoms with Gasteiger partial charge in [-0.15, -0.1) is 0 Å². The van der Waals surface area contributed by atoms with Gasteiger partial charge >= 0.3 is 0 Å². The van der Waals surface area contributed by atoms with E-state index in [4.69, 9.17) is 20.7 Å². The van der Waals surface area contributed by atoms with Crippen LogP contribution in [0, 0.1) is 5.41 Å². The summed E-state index contributed by atoms with van der Waals surface area (Å²) in [6, 6.07) is 7.23. The molecule has 18 heavy (non-hydrogen) atoms. The lowest BCUT2D eigenvalue weighted by Crippen LogP contribution is -2.20. The number of amidine groups is 1. The molecular formula is C13H17N3O2. The summed E-state index contributed by atoms with van der Waals surface area (Å²) < 4.78 is 5.39. The summed E-state index contributed by atoms with van der Waals surface area (Å²) in [5.41, 5.74) is 6.97. The molecule has 0 bridgehead atoms. The third-order valence-electron chi connectivity index (χ3n) is 2.74. The van der Waals surface area contributed by atoms with E-state index in [9.17, 15) is 0 Å². The number of nitrogens with two attached hydrogens (primary N) is 1. The monoisotopic (exact) mass is 247 g/mol. The first-order chi connectivity index (χ1) is 8.75. The van der Waals surface area contributed by atoms with Gasteiger partial charge in [0, 0.05) is 12.0 Å². The molecule has 1 aromatic carbocycles. The fourth-order valence-corrected chi connectivity index (χ4v) is 1.70. The average molecular weight is 247 g/mol. The average Bonchev–Trinajstić information content (AvgIpc) is 2.40. The fraction of sp³-hybridized carbons (Fsp3) is 0.385. The van der Waals surface area contributed by atoms with Crippen molar-refractivity contribution in [1.82, 2.24) is 0 Å². The number of benzene rings is 1. The maximum atomic E-state index is 7.28. The Morgan fingerprint density at radius 2 is 2.17 bits per heavy atom. The molecule has 2 rings (SSSR count). The first-order valence-electron chi connectivity index (χ1n) is 6.01. The minimum atomic E-state index is -0.216. The van der Waals surface area contributed by atoms with Crippen LogP contribution in [0.4, 0.5) is 0 Å². The molecule has 0 unspecified atom stereocenters. The molecule has 3 N–H and O–H groups in total. The van der Waals surface area contributed by atoms with E-state index in [1.54, 1.807) is 18.3 Å². The van der Waals surface area contributed by atoms with Crippen LogP contribution in [-0.2, 0) is 9.57 Å². The minimum Gasteiger partial charge on any atom is -0.384 e. The molecule has 0 aromatic heterocycles. The fourth-order valence-electron chi connectivity index (χ4n) is 1.70. The SMILES string of the molecule is N=C(N)c1ccc(/C=N/O[C@H]2CCCCO2)cc1. The quantitative estimate of drug-likeness (QED) is 0.484. The Morgan fingerprint density at radius 1 is 1.39 bits per heavy atom. The van der Waals surface area contributed by atoms with Gasteiger partial charge in [0.2, 0.25) is 6.29 Å². The summed E-state index contributed by atoms with van der Waals surface area (Å²) in [6.07, 6.45) is 4.51. The number of rotatable bonds is 4. The zero-order valence-corrected chi connectivity index (χ0v) is 10.1. The highest BCUT2D eigenvalue weighted by Gasteiger charge is 2.13. The number of nitrogens with one attached hydrogen (secondary N) is 1. The summed E-state index contributed by atoms with van der Waals surface area (Å²) in [4.78, 5) is 5.24. The smallest absolute Gasteiger partial charge is 0.226 e. The number of ether oxygens (including phenoxy) is 1. The third-order valence-corrected chi connectivity index (χ3v) is 2.74.